The van der Waals surface area contributed by atoms with Gasteiger partial charge in [0.1, 0.15) is 5.82 Å². The van der Waals surface area contributed by atoms with Gasteiger partial charge in [0.25, 0.3) is 0 Å². The summed E-state index contributed by atoms with van der Waals surface area (Å²) in [6, 6.07) is 0.348. The Morgan fingerprint density at radius 2 is 2.00 bits per heavy atom. The topological polar surface area (TPSA) is 91.0 Å². The Balaban J connectivity index is 1.67. The molecule has 22 heavy (non-hydrogen) atoms. The summed E-state index contributed by atoms with van der Waals surface area (Å²) in [7, 11) is 1.85. The Hall–Kier alpha value is -1.92. The van der Waals surface area contributed by atoms with Gasteiger partial charge >= 0.3 is 0 Å². The van der Waals surface area contributed by atoms with Gasteiger partial charge in [0.05, 0.1) is 6.54 Å². The molecule has 0 radical (unpaired) electrons. The van der Waals surface area contributed by atoms with E-state index in [9.17, 15) is 9.59 Å². The van der Waals surface area contributed by atoms with E-state index >= 15 is 0 Å². The molecule has 7 heteroatoms. The van der Waals surface area contributed by atoms with E-state index in [-0.39, 0.29) is 31.2 Å². The molecule has 1 saturated carbocycles. The molecule has 1 aliphatic rings. The van der Waals surface area contributed by atoms with Crippen molar-refractivity contribution in [3.63, 3.8) is 0 Å². The maximum atomic E-state index is 12.1. The summed E-state index contributed by atoms with van der Waals surface area (Å²) < 4.78 is 0. The van der Waals surface area contributed by atoms with Gasteiger partial charge in [-0.1, -0.05) is 19.3 Å². The van der Waals surface area contributed by atoms with Gasteiger partial charge in [-0.05, 0) is 19.8 Å². The highest BCUT2D eigenvalue weighted by Crippen LogP contribution is 2.22. The van der Waals surface area contributed by atoms with Crippen LogP contribution in [0.4, 0.5) is 0 Å². The molecule has 0 saturated heterocycles. The number of aromatic nitrogens is 3. The lowest BCUT2D eigenvalue weighted by Crippen LogP contribution is -2.38. The van der Waals surface area contributed by atoms with E-state index in [1.54, 1.807) is 6.92 Å². The van der Waals surface area contributed by atoms with Gasteiger partial charge in [-0.3, -0.25) is 14.7 Å². The minimum atomic E-state index is -0.146. The van der Waals surface area contributed by atoms with E-state index in [1.165, 1.54) is 19.3 Å². The Labute approximate surface area is 130 Å². The predicted molar refractivity (Wildman–Crippen MR) is 81.8 cm³/mol. The molecule has 1 fully saturated rings. The normalized spacial score (nSPS) is 15.5. The van der Waals surface area contributed by atoms with Crippen molar-refractivity contribution in [1.29, 1.82) is 0 Å². The number of aryl methyl sites for hydroxylation is 1. The van der Waals surface area contributed by atoms with Crippen LogP contribution in [0.2, 0.25) is 0 Å². The van der Waals surface area contributed by atoms with Gasteiger partial charge in [0, 0.05) is 25.9 Å². The SMILES string of the molecule is Cc1nc(CNC(=O)CCC(=O)N(C)C2CCCCC2)n[nH]1. The van der Waals surface area contributed by atoms with Crippen LogP contribution in [0, 0.1) is 6.92 Å². The summed E-state index contributed by atoms with van der Waals surface area (Å²) in [6.07, 6.45) is 6.28. The fourth-order valence-corrected chi connectivity index (χ4v) is 2.80. The standard InChI is InChI=1S/C15H25N5O2/c1-11-17-13(19-18-11)10-16-14(21)8-9-15(22)20(2)12-6-4-3-5-7-12/h12H,3-10H2,1-2H3,(H,16,21)(H,17,18,19). The van der Waals surface area contributed by atoms with Crippen LogP contribution in [-0.2, 0) is 16.1 Å². The molecule has 2 amide bonds. The zero-order valence-corrected chi connectivity index (χ0v) is 13.4. The van der Waals surface area contributed by atoms with Crippen LogP contribution in [0.3, 0.4) is 0 Å². The molecular formula is C15H25N5O2. The van der Waals surface area contributed by atoms with Crippen molar-refractivity contribution in [3.05, 3.63) is 11.6 Å². The highest BCUT2D eigenvalue weighted by molar-refractivity contribution is 5.83. The lowest BCUT2D eigenvalue weighted by atomic mass is 9.94. The number of rotatable bonds is 6. The van der Waals surface area contributed by atoms with Gasteiger partial charge in [-0.25, -0.2) is 4.98 Å². The molecule has 0 bridgehead atoms. The van der Waals surface area contributed by atoms with Crippen molar-refractivity contribution in [2.75, 3.05) is 7.05 Å². The first kappa shape index (κ1) is 16.5. The van der Waals surface area contributed by atoms with E-state index in [2.05, 4.69) is 20.5 Å². The number of amides is 2. The second kappa shape index (κ2) is 7.91. The lowest BCUT2D eigenvalue weighted by molar-refractivity contribution is -0.134. The molecule has 0 unspecified atom stereocenters. The summed E-state index contributed by atoms with van der Waals surface area (Å²) >= 11 is 0. The summed E-state index contributed by atoms with van der Waals surface area (Å²) in [5.41, 5.74) is 0. The summed E-state index contributed by atoms with van der Waals surface area (Å²) in [5.74, 6) is 1.17. The number of aromatic amines is 1. The summed E-state index contributed by atoms with van der Waals surface area (Å²) in [5, 5.41) is 9.40. The van der Waals surface area contributed by atoms with Crippen LogP contribution in [0.5, 0.6) is 0 Å². The smallest absolute Gasteiger partial charge is 0.223 e. The van der Waals surface area contributed by atoms with Gasteiger partial charge < -0.3 is 10.2 Å². The van der Waals surface area contributed by atoms with Crippen molar-refractivity contribution < 1.29 is 9.59 Å². The van der Waals surface area contributed by atoms with Crippen LogP contribution in [0.15, 0.2) is 0 Å². The molecule has 122 valence electrons. The molecule has 2 rings (SSSR count). The van der Waals surface area contributed by atoms with Gasteiger partial charge in [0.15, 0.2) is 5.82 Å². The van der Waals surface area contributed by atoms with E-state index in [4.69, 9.17) is 0 Å². The number of hydrogen-bond acceptors (Lipinski definition) is 4. The molecule has 1 aromatic rings. The van der Waals surface area contributed by atoms with Crippen LogP contribution in [0.1, 0.15) is 56.6 Å². The van der Waals surface area contributed by atoms with Gasteiger partial charge in [0.2, 0.25) is 11.8 Å². The summed E-state index contributed by atoms with van der Waals surface area (Å²) in [6.45, 7) is 2.09. The number of H-pyrrole nitrogens is 1. The Bertz CT molecular complexity index is 508. The molecule has 1 aromatic heterocycles. The van der Waals surface area contributed by atoms with E-state index in [0.717, 1.165) is 12.8 Å². The Kier molecular flexibility index (Phi) is 5.91. The Morgan fingerprint density at radius 3 is 2.64 bits per heavy atom. The molecule has 0 aromatic carbocycles. The number of nitrogens with zero attached hydrogens (tertiary/aromatic N) is 3. The third kappa shape index (κ3) is 4.82. The highest BCUT2D eigenvalue weighted by Gasteiger charge is 2.22. The second-order valence-corrected chi connectivity index (χ2v) is 5.91. The second-order valence-electron chi connectivity index (χ2n) is 5.91. The van der Waals surface area contributed by atoms with Crippen molar-refractivity contribution in [2.24, 2.45) is 0 Å². The molecule has 0 aliphatic heterocycles. The largest absolute Gasteiger partial charge is 0.349 e. The molecule has 1 heterocycles. The minimum Gasteiger partial charge on any atom is -0.349 e. The number of hydrogen-bond donors (Lipinski definition) is 2. The van der Waals surface area contributed by atoms with E-state index in [0.29, 0.717) is 17.7 Å². The molecule has 7 nitrogen and oxygen atoms in total. The quantitative estimate of drug-likeness (QED) is 0.829. The summed E-state index contributed by atoms with van der Waals surface area (Å²) in [4.78, 5) is 29.9. The average molecular weight is 307 g/mol. The van der Waals surface area contributed by atoms with Crippen molar-refractivity contribution in [3.8, 4) is 0 Å². The van der Waals surface area contributed by atoms with Crippen molar-refractivity contribution in [2.45, 2.75) is 64.5 Å². The highest BCUT2D eigenvalue weighted by atomic mass is 16.2. The third-order valence-corrected chi connectivity index (χ3v) is 4.17. The molecule has 2 N–H and O–H groups in total. The fraction of sp³-hybridized carbons (Fsp3) is 0.733. The van der Waals surface area contributed by atoms with Crippen molar-refractivity contribution in [1.82, 2.24) is 25.4 Å². The average Bonchev–Trinajstić information content (AvgIpc) is 2.96. The van der Waals surface area contributed by atoms with Gasteiger partial charge in [-0.2, -0.15) is 5.10 Å². The monoisotopic (exact) mass is 307 g/mol. The molecular weight excluding hydrogens is 282 g/mol. The first-order valence-corrected chi connectivity index (χ1v) is 7.96. The Morgan fingerprint density at radius 1 is 1.27 bits per heavy atom. The zero-order valence-electron chi connectivity index (χ0n) is 13.4. The number of carbonyl (C=O) groups is 2. The third-order valence-electron chi connectivity index (χ3n) is 4.17. The minimum absolute atomic E-state index is 0.0517. The van der Waals surface area contributed by atoms with Gasteiger partial charge in [-0.15, -0.1) is 0 Å². The first-order valence-electron chi connectivity index (χ1n) is 7.96. The molecule has 0 spiro atoms. The zero-order chi connectivity index (χ0) is 15.9. The molecule has 1 aliphatic carbocycles. The molecule has 0 atom stereocenters. The first-order chi connectivity index (χ1) is 10.6. The number of nitrogens with one attached hydrogen (secondary N) is 2. The van der Waals surface area contributed by atoms with Crippen molar-refractivity contribution >= 4 is 11.8 Å². The maximum Gasteiger partial charge on any atom is 0.223 e. The number of carbonyl (C=O) groups excluding carboxylic acids is 2. The van der Waals surface area contributed by atoms with Crippen LogP contribution < -0.4 is 5.32 Å². The van der Waals surface area contributed by atoms with Crippen LogP contribution >= 0.6 is 0 Å². The van der Waals surface area contributed by atoms with E-state index in [1.807, 2.05) is 11.9 Å². The predicted octanol–water partition coefficient (Wildman–Crippen LogP) is 1.30. The van der Waals surface area contributed by atoms with E-state index < -0.39 is 0 Å². The lowest BCUT2D eigenvalue weighted by Gasteiger charge is -2.31. The van der Waals surface area contributed by atoms with Crippen LogP contribution in [-0.4, -0.2) is 45.0 Å². The fourth-order valence-electron chi connectivity index (χ4n) is 2.80. The maximum absolute atomic E-state index is 12.1. The van der Waals surface area contributed by atoms with Crippen LogP contribution in [0.25, 0.3) is 0 Å².